The Morgan fingerprint density at radius 2 is 1.63 bits per heavy atom. The first-order valence-electron chi connectivity index (χ1n) is 11.1. The maximum Gasteiger partial charge on any atom is 0.221 e. The molecule has 7 heteroatoms. The van der Waals surface area contributed by atoms with E-state index < -0.39 is 0 Å². The van der Waals surface area contributed by atoms with Crippen LogP contribution >= 0.6 is 11.6 Å². The van der Waals surface area contributed by atoms with E-state index >= 15 is 0 Å². The molecule has 5 rings (SSSR count). The molecule has 0 aliphatic rings. The second-order valence-corrected chi connectivity index (χ2v) is 8.65. The Morgan fingerprint density at radius 3 is 2.34 bits per heavy atom. The third kappa shape index (κ3) is 4.36. The van der Waals surface area contributed by atoms with Crippen LogP contribution < -0.4 is 10.9 Å². The van der Waals surface area contributed by atoms with Crippen molar-refractivity contribution in [2.75, 3.05) is 5.32 Å². The summed E-state index contributed by atoms with van der Waals surface area (Å²) in [6.07, 6.45) is 0. The largest absolute Gasteiger partial charge is 0.326 e. The molecule has 35 heavy (non-hydrogen) atoms. The van der Waals surface area contributed by atoms with Crippen LogP contribution in [0.1, 0.15) is 12.5 Å². The number of nitrogens with zero attached hydrogens (tertiary/aromatic N) is 2. The summed E-state index contributed by atoms with van der Waals surface area (Å²) in [7, 11) is 0. The molecule has 0 saturated carbocycles. The molecule has 0 fully saturated rings. The van der Waals surface area contributed by atoms with Crippen molar-refractivity contribution in [3.05, 3.63) is 113 Å². The fraction of sp³-hybridized carbons (Fsp3) is 0.0714. The molecule has 0 unspecified atom stereocenters. The molecule has 0 aliphatic heterocycles. The van der Waals surface area contributed by atoms with E-state index in [1.54, 1.807) is 6.07 Å². The Hall–Kier alpha value is -4.16. The average molecular weight is 485 g/mol. The zero-order chi connectivity index (χ0) is 24.5. The van der Waals surface area contributed by atoms with Gasteiger partial charge in [0, 0.05) is 28.9 Å². The number of imidazole rings is 1. The normalized spacial score (nSPS) is 11.1. The number of aromatic nitrogens is 2. The first kappa shape index (κ1) is 22.6. The van der Waals surface area contributed by atoms with Crippen LogP contribution in [0.15, 0.2) is 91.0 Å². The molecule has 0 spiro atoms. The number of amides is 1. The number of rotatable bonds is 5. The lowest BCUT2D eigenvalue weighted by Crippen LogP contribution is -2.24. The molecule has 5 aromatic rings. The van der Waals surface area contributed by atoms with Crippen LogP contribution in [0.4, 0.5) is 10.1 Å². The average Bonchev–Trinajstić information content (AvgIpc) is 3.13. The van der Waals surface area contributed by atoms with E-state index in [4.69, 9.17) is 17.0 Å². The number of carbonyl (C=O) groups excluding carboxylic acids is 1. The number of carbonyl (C=O) groups is 1. The first-order valence-corrected chi connectivity index (χ1v) is 11.5. The lowest BCUT2D eigenvalue weighted by Gasteiger charge is -2.12. The lowest BCUT2D eigenvalue weighted by molar-refractivity contribution is -0.114. The SMILES string of the molecule is CC(=O)Nc1ccc(F)cc1-c1ccc(-n2c(=N)n(Cc3ccccc3Cl)c3ccccc32)cc1. The van der Waals surface area contributed by atoms with Gasteiger partial charge in [0.05, 0.1) is 17.6 Å². The minimum Gasteiger partial charge on any atom is -0.326 e. The van der Waals surface area contributed by atoms with Crippen molar-refractivity contribution in [1.82, 2.24) is 9.13 Å². The highest BCUT2D eigenvalue weighted by Gasteiger charge is 2.14. The van der Waals surface area contributed by atoms with Gasteiger partial charge in [0.25, 0.3) is 0 Å². The number of anilines is 1. The summed E-state index contributed by atoms with van der Waals surface area (Å²) in [6, 6.07) is 27.3. The summed E-state index contributed by atoms with van der Waals surface area (Å²) >= 11 is 6.40. The van der Waals surface area contributed by atoms with Crippen LogP contribution in [-0.2, 0) is 11.3 Å². The van der Waals surface area contributed by atoms with Gasteiger partial charge in [0.15, 0.2) is 0 Å². The summed E-state index contributed by atoms with van der Waals surface area (Å²) in [5, 5.41) is 12.4. The second kappa shape index (κ2) is 9.24. The Morgan fingerprint density at radius 1 is 0.943 bits per heavy atom. The third-order valence-corrected chi connectivity index (χ3v) is 6.26. The fourth-order valence-corrected chi connectivity index (χ4v) is 4.49. The number of benzene rings is 4. The minimum absolute atomic E-state index is 0.227. The van der Waals surface area contributed by atoms with E-state index in [0.29, 0.717) is 28.4 Å². The molecule has 5 nitrogen and oxygen atoms in total. The van der Waals surface area contributed by atoms with Crippen LogP contribution in [0.25, 0.3) is 27.8 Å². The van der Waals surface area contributed by atoms with Crippen molar-refractivity contribution in [2.45, 2.75) is 13.5 Å². The Labute approximate surface area is 206 Å². The summed E-state index contributed by atoms with van der Waals surface area (Å²) in [6.45, 7) is 1.88. The predicted molar refractivity (Wildman–Crippen MR) is 137 cm³/mol. The topological polar surface area (TPSA) is 62.8 Å². The van der Waals surface area contributed by atoms with Crippen molar-refractivity contribution < 1.29 is 9.18 Å². The molecule has 1 heterocycles. The molecule has 174 valence electrons. The molecular weight excluding hydrogens is 463 g/mol. The van der Waals surface area contributed by atoms with Crippen LogP contribution in [-0.4, -0.2) is 15.0 Å². The van der Waals surface area contributed by atoms with Gasteiger partial charge in [0.1, 0.15) is 5.82 Å². The van der Waals surface area contributed by atoms with Crippen LogP contribution in [0.5, 0.6) is 0 Å². The minimum atomic E-state index is -0.386. The zero-order valence-corrected chi connectivity index (χ0v) is 19.7. The number of para-hydroxylation sites is 2. The van der Waals surface area contributed by atoms with Gasteiger partial charge in [-0.1, -0.05) is 54.1 Å². The molecule has 2 N–H and O–H groups in total. The van der Waals surface area contributed by atoms with Crippen LogP contribution in [0.3, 0.4) is 0 Å². The number of hydrogen-bond donors (Lipinski definition) is 2. The molecule has 0 bridgehead atoms. The van der Waals surface area contributed by atoms with Crippen LogP contribution in [0.2, 0.25) is 5.02 Å². The molecule has 4 aromatic carbocycles. The maximum atomic E-state index is 14.0. The highest BCUT2D eigenvalue weighted by molar-refractivity contribution is 6.31. The highest BCUT2D eigenvalue weighted by Crippen LogP contribution is 2.30. The molecule has 0 saturated heterocycles. The van der Waals surface area contributed by atoms with E-state index in [1.165, 1.54) is 19.1 Å². The maximum absolute atomic E-state index is 14.0. The van der Waals surface area contributed by atoms with Crippen molar-refractivity contribution in [2.24, 2.45) is 0 Å². The van der Waals surface area contributed by atoms with Gasteiger partial charge in [-0.2, -0.15) is 0 Å². The van der Waals surface area contributed by atoms with Gasteiger partial charge in [-0.25, -0.2) is 4.39 Å². The summed E-state index contributed by atoms with van der Waals surface area (Å²) in [5.74, 6) is -0.612. The Bertz CT molecular complexity index is 1620. The first-order chi connectivity index (χ1) is 16.9. The van der Waals surface area contributed by atoms with Gasteiger partial charge >= 0.3 is 0 Å². The third-order valence-electron chi connectivity index (χ3n) is 5.90. The lowest BCUT2D eigenvalue weighted by atomic mass is 10.0. The number of nitrogens with one attached hydrogen (secondary N) is 2. The van der Waals surface area contributed by atoms with E-state index in [1.807, 2.05) is 81.9 Å². The van der Waals surface area contributed by atoms with Crippen LogP contribution in [0, 0.1) is 11.2 Å². The van der Waals surface area contributed by atoms with Crippen molar-refractivity contribution >= 4 is 34.2 Å². The quantitative estimate of drug-likeness (QED) is 0.299. The Balaban J connectivity index is 1.60. The fourth-order valence-electron chi connectivity index (χ4n) is 4.29. The number of hydrogen-bond acceptors (Lipinski definition) is 2. The van der Waals surface area contributed by atoms with Gasteiger partial charge in [-0.3, -0.25) is 14.8 Å². The van der Waals surface area contributed by atoms with Gasteiger partial charge in [0.2, 0.25) is 11.5 Å². The second-order valence-electron chi connectivity index (χ2n) is 8.24. The smallest absolute Gasteiger partial charge is 0.221 e. The summed E-state index contributed by atoms with van der Waals surface area (Å²) < 4.78 is 17.8. The summed E-state index contributed by atoms with van der Waals surface area (Å²) in [4.78, 5) is 11.6. The molecular formula is C28H22ClFN4O. The van der Waals surface area contributed by atoms with E-state index in [-0.39, 0.29) is 11.7 Å². The highest BCUT2D eigenvalue weighted by atomic mass is 35.5. The van der Waals surface area contributed by atoms with E-state index in [0.717, 1.165) is 27.8 Å². The van der Waals surface area contributed by atoms with Crippen molar-refractivity contribution in [1.29, 1.82) is 5.41 Å². The number of halogens is 2. The van der Waals surface area contributed by atoms with E-state index in [2.05, 4.69) is 5.32 Å². The molecule has 0 radical (unpaired) electrons. The van der Waals surface area contributed by atoms with Crippen molar-refractivity contribution in [3.63, 3.8) is 0 Å². The van der Waals surface area contributed by atoms with Gasteiger partial charge < -0.3 is 9.88 Å². The molecule has 1 amide bonds. The van der Waals surface area contributed by atoms with Gasteiger partial charge in [-0.05, 0) is 59.7 Å². The standard InChI is InChI=1S/C28H22ClFN4O/c1-18(35)32-25-15-12-21(30)16-23(25)19-10-13-22(14-11-19)34-27-9-5-4-8-26(27)33(28(34)31)17-20-6-2-3-7-24(20)29/h2-16,31H,17H2,1H3,(H,32,35). The zero-order valence-electron chi connectivity index (χ0n) is 18.9. The predicted octanol–water partition coefficient (Wildman–Crippen LogP) is 6.38. The molecule has 0 aliphatic carbocycles. The molecule has 1 aromatic heterocycles. The Kier molecular flexibility index (Phi) is 5.97. The monoisotopic (exact) mass is 484 g/mol. The molecule has 0 atom stereocenters. The number of fused-ring (bicyclic) bond motifs is 1. The summed E-state index contributed by atoms with van der Waals surface area (Å²) in [5.41, 5.74) is 5.72. The van der Waals surface area contributed by atoms with Crippen molar-refractivity contribution in [3.8, 4) is 16.8 Å². The van der Waals surface area contributed by atoms with E-state index in [9.17, 15) is 9.18 Å². The van der Waals surface area contributed by atoms with Gasteiger partial charge in [-0.15, -0.1) is 0 Å².